The molecule has 1 rings (SSSR count). The lowest BCUT2D eigenvalue weighted by Crippen LogP contribution is -2.45. The summed E-state index contributed by atoms with van der Waals surface area (Å²) in [7, 11) is 1.24. The van der Waals surface area contributed by atoms with Crippen LogP contribution >= 0.6 is 0 Å². The number of methoxy groups -OCH3 is 1. The molecule has 1 N–H and O–H groups in total. The first-order valence-corrected chi connectivity index (χ1v) is 5.86. The zero-order valence-electron chi connectivity index (χ0n) is 11.1. The van der Waals surface area contributed by atoms with Crippen molar-refractivity contribution in [1.29, 1.82) is 0 Å². The number of halogens is 2. The van der Waals surface area contributed by atoms with Gasteiger partial charge in [-0.15, -0.1) is 0 Å². The topological polar surface area (TPSA) is 47.6 Å². The van der Waals surface area contributed by atoms with E-state index in [1.807, 2.05) is 13.8 Å². The van der Waals surface area contributed by atoms with Gasteiger partial charge in [0.25, 0.3) is 0 Å². The van der Waals surface area contributed by atoms with Gasteiger partial charge in [-0.2, -0.15) is 0 Å². The molecule has 19 heavy (non-hydrogen) atoms. The number of esters is 1. The minimum Gasteiger partial charge on any atom is -0.485 e. The van der Waals surface area contributed by atoms with Gasteiger partial charge in [-0.3, -0.25) is 10.1 Å². The molecule has 0 fully saturated rings. The molecular weight excluding hydrogens is 256 g/mol. The molecule has 0 aliphatic rings. The molecule has 1 aromatic carbocycles. The molecule has 0 amide bonds. The van der Waals surface area contributed by atoms with Crippen molar-refractivity contribution < 1.29 is 23.0 Å². The first-order valence-electron chi connectivity index (χ1n) is 5.86. The van der Waals surface area contributed by atoms with Crippen LogP contribution in [-0.2, 0) is 9.53 Å². The zero-order chi connectivity index (χ0) is 14.4. The van der Waals surface area contributed by atoms with Gasteiger partial charge >= 0.3 is 5.97 Å². The summed E-state index contributed by atoms with van der Waals surface area (Å²) in [6.45, 7) is 3.45. The van der Waals surface area contributed by atoms with Crippen LogP contribution in [0.1, 0.15) is 13.8 Å². The highest BCUT2D eigenvalue weighted by Gasteiger charge is 2.22. The maximum atomic E-state index is 13.3. The Hall–Kier alpha value is -1.69. The van der Waals surface area contributed by atoms with E-state index in [1.54, 1.807) is 0 Å². The number of rotatable bonds is 6. The molecule has 4 nitrogen and oxygen atoms in total. The minimum absolute atomic E-state index is 0.00170. The van der Waals surface area contributed by atoms with E-state index in [0.29, 0.717) is 0 Å². The normalized spacial score (nSPS) is 12.3. The van der Waals surface area contributed by atoms with Gasteiger partial charge in [-0.25, -0.2) is 8.78 Å². The number of hydrogen-bond acceptors (Lipinski definition) is 4. The predicted molar refractivity (Wildman–Crippen MR) is 65.9 cm³/mol. The van der Waals surface area contributed by atoms with Gasteiger partial charge in [0.15, 0.2) is 17.4 Å². The van der Waals surface area contributed by atoms with Crippen molar-refractivity contribution in [2.24, 2.45) is 0 Å². The van der Waals surface area contributed by atoms with Crippen molar-refractivity contribution in [3.63, 3.8) is 0 Å². The molecule has 0 saturated heterocycles. The molecule has 0 radical (unpaired) electrons. The van der Waals surface area contributed by atoms with Crippen LogP contribution in [-0.4, -0.2) is 31.8 Å². The summed E-state index contributed by atoms with van der Waals surface area (Å²) in [6, 6.07) is 2.62. The number of ether oxygens (including phenoxy) is 2. The second-order valence-electron chi connectivity index (χ2n) is 4.26. The molecule has 1 atom stereocenters. The molecule has 0 aliphatic heterocycles. The van der Waals surface area contributed by atoms with E-state index in [2.05, 4.69) is 10.1 Å². The highest BCUT2D eigenvalue weighted by atomic mass is 19.1. The predicted octanol–water partition coefficient (Wildman–Crippen LogP) is 1.88. The molecule has 106 valence electrons. The second kappa shape index (κ2) is 7.04. The molecule has 0 bridgehead atoms. The maximum absolute atomic E-state index is 13.3. The van der Waals surface area contributed by atoms with Crippen LogP contribution in [0.5, 0.6) is 5.75 Å². The number of carbonyl (C=O) groups excluding carboxylic acids is 1. The van der Waals surface area contributed by atoms with E-state index in [-0.39, 0.29) is 12.6 Å². The van der Waals surface area contributed by atoms with Crippen LogP contribution in [0.3, 0.4) is 0 Å². The number of benzene rings is 1. The molecule has 6 heteroatoms. The summed E-state index contributed by atoms with van der Waals surface area (Å²) in [5, 5.41) is 2.90. The third-order valence-corrected chi connectivity index (χ3v) is 2.33. The van der Waals surface area contributed by atoms with Gasteiger partial charge in [0.2, 0.25) is 0 Å². The Morgan fingerprint density at radius 3 is 2.37 bits per heavy atom. The molecule has 1 aromatic rings. The Morgan fingerprint density at radius 2 is 1.89 bits per heavy atom. The SMILES string of the molecule is COC(=O)C(COc1c(F)cccc1F)NC(C)C. The van der Waals surface area contributed by atoms with Crippen LogP contribution in [0.2, 0.25) is 0 Å². The molecule has 0 heterocycles. The van der Waals surface area contributed by atoms with Crippen molar-refractivity contribution >= 4 is 5.97 Å². The van der Waals surface area contributed by atoms with Crippen LogP contribution in [0.15, 0.2) is 18.2 Å². The lowest BCUT2D eigenvalue weighted by atomic mass is 10.2. The standard InChI is InChI=1S/C13H17F2NO3/c1-8(2)16-11(13(17)18-3)7-19-12-9(14)5-4-6-10(12)15/h4-6,8,11,16H,7H2,1-3H3. The monoisotopic (exact) mass is 273 g/mol. The summed E-state index contributed by atoms with van der Waals surface area (Å²) in [4.78, 5) is 11.5. The van der Waals surface area contributed by atoms with E-state index in [1.165, 1.54) is 13.2 Å². The average molecular weight is 273 g/mol. The molecule has 0 spiro atoms. The molecular formula is C13H17F2NO3. The van der Waals surface area contributed by atoms with Crippen LogP contribution in [0.25, 0.3) is 0 Å². The molecule has 0 aliphatic carbocycles. The maximum Gasteiger partial charge on any atom is 0.326 e. The zero-order valence-corrected chi connectivity index (χ0v) is 11.1. The van der Waals surface area contributed by atoms with Crippen molar-refractivity contribution in [2.75, 3.05) is 13.7 Å². The van der Waals surface area contributed by atoms with E-state index in [9.17, 15) is 13.6 Å². The number of hydrogen-bond donors (Lipinski definition) is 1. The molecule has 0 aromatic heterocycles. The Kier molecular flexibility index (Phi) is 5.69. The summed E-state index contributed by atoms with van der Waals surface area (Å²) >= 11 is 0. The Labute approximate surface area is 110 Å². The fourth-order valence-corrected chi connectivity index (χ4v) is 1.52. The Bertz CT molecular complexity index is 418. The van der Waals surface area contributed by atoms with Gasteiger partial charge in [0.05, 0.1) is 7.11 Å². The van der Waals surface area contributed by atoms with E-state index >= 15 is 0 Å². The van der Waals surface area contributed by atoms with Gasteiger partial charge in [0.1, 0.15) is 12.6 Å². The Balaban J connectivity index is 2.73. The van der Waals surface area contributed by atoms with Crippen molar-refractivity contribution in [1.82, 2.24) is 5.32 Å². The van der Waals surface area contributed by atoms with E-state index in [4.69, 9.17) is 4.74 Å². The van der Waals surface area contributed by atoms with E-state index < -0.39 is 29.4 Å². The van der Waals surface area contributed by atoms with Gasteiger partial charge in [0, 0.05) is 6.04 Å². The minimum atomic E-state index is -0.812. The molecule has 1 unspecified atom stereocenters. The van der Waals surface area contributed by atoms with Crippen molar-refractivity contribution in [3.05, 3.63) is 29.8 Å². The number of nitrogens with one attached hydrogen (secondary N) is 1. The van der Waals surface area contributed by atoms with Gasteiger partial charge in [-0.1, -0.05) is 19.9 Å². The number of para-hydroxylation sites is 1. The lowest BCUT2D eigenvalue weighted by molar-refractivity contribution is -0.144. The summed E-state index contributed by atoms with van der Waals surface area (Å²) < 4.78 is 36.3. The van der Waals surface area contributed by atoms with Crippen LogP contribution < -0.4 is 10.1 Å². The largest absolute Gasteiger partial charge is 0.485 e. The summed E-state index contributed by atoms with van der Waals surface area (Å²) in [6.07, 6.45) is 0. The van der Waals surface area contributed by atoms with Gasteiger partial charge in [-0.05, 0) is 12.1 Å². The third-order valence-electron chi connectivity index (χ3n) is 2.33. The van der Waals surface area contributed by atoms with Crippen molar-refractivity contribution in [2.45, 2.75) is 25.9 Å². The highest BCUT2D eigenvalue weighted by Crippen LogP contribution is 2.20. The highest BCUT2D eigenvalue weighted by molar-refractivity contribution is 5.75. The quantitative estimate of drug-likeness (QED) is 0.804. The lowest BCUT2D eigenvalue weighted by Gasteiger charge is -2.19. The third kappa shape index (κ3) is 4.48. The second-order valence-corrected chi connectivity index (χ2v) is 4.26. The van der Waals surface area contributed by atoms with Gasteiger partial charge < -0.3 is 9.47 Å². The summed E-state index contributed by atoms with van der Waals surface area (Å²) in [5.74, 6) is -2.67. The first-order chi connectivity index (χ1) is 8.95. The molecule has 0 saturated carbocycles. The van der Waals surface area contributed by atoms with Crippen LogP contribution in [0, 0.1) is 11.6 Å². The van der Waals surface area contributed by atoms with Crippen LogP contribution in [0.4, 0.5) is 8.78 Å². The van der Waals surface area contributed by atoms with Crippen molar-refractivity contribution in [3.8, 4) is 5.75 Å². The Morgan fingerprint density at radius 1 is 1.32 bits per heavy atom. The fraction of sp³-hybridized carbons (Fsp3) is 0.462. The number of carbonyl (C=O) groups is 1. The van der Waals surface area contributed by atoms with E-state index in [0.717, 1.165) is 12.1 Å². The fourth-order valence-electron chi connectivity index (χ4n) is 1.52. The smallest absolute Gasteiger partial charge is 0.326 e. The summed E-state index contributed by atoms with van der Waals surface area (Å²) in [5.41, 5.74) is 0. The average Bonchev–Trinajstić information content (AvgIpc) is 2.35. The first kappa shape index (κ1) is 15.4.